The van der Waals surface area contributed by atoms with Crippen LogP contribution in [0.2, 0.25) is 0 Å². The predicted octanol–water partition coefficient (Wildman–Crippen LogP) is 4.76. The van der Waals surface area contributed by atoms with Crippen LogP contribution < -0.4 is 9.80 Å². The lowest BCUT2D eigenvalue weighted by Gasteiger charge is -2.30. The quantitative estimate of drug-likeness (QED) is 0.639. The molecule has 130 valence electrons. The summed E-state index contributed by atoms with van der Waals surface area (Å²) in [6.07, 6.45) is -0.480. The summed E-state index contributed by atoms with van der Waals surface area (Å²) >= 11 is 0. The Bertz CT molecular complexity index is 920. The molecular weight excluding hydrogens is 324 g/mol. The summed E-state index contributed by atoms with van der Waals surface area (Å²) in [5.41, 5.74) is 4.57. The Morgan fingerprint density at radius 3 is 2.00 bits per heavy atom. The van der Waals surface area contributed by atoms with E-state index in [1.807, 2.05) is 68.7 Å². The molecule has 0 aromatic heterocycles. The van der Waals surface area contributed by atoms with Crippen molar-refractivity contribution < 1.29 is 9.53 Å². The van der Waals surface area contributed by atoms with E-state index in [9.17, 15) is 4.79 Å². The lowest BCUT2D eigenvalue weighted by atomic mass is 10.1. The normalized spacial score (nSPS) is 15.3. The fourth-order valence-corrected chi connectivity index (χ4v) is 3.24. The molecule has 0 fully saturated rings. The summed E-state index contributed by atoms with van der Waals surface area (Å²) in [6.45, 7) is 0. The molecule has 0 N–H and O–H groups in total. The van der Waals surface area contributed by atoms with E-state index in [0.29, 0.717) is 5.56 Å². The van der Waals surface area contributed by atoms with Crippen molar-refractivity contribution in [2.24, 2.45) is 0 Å². The van der Waals surface area contributed by atoms with E-state index in [1.54, 1.807) is 0 Å². The van der Waals surface area contributed by atoms with Crippen LogP contribution in [0.1, 0.15) is 22.1 Å². The maximum Gasteiger partial charge on any atom is 0.340 e. The molecule has 0 amide bonds. The fraction of sp³-hybridized carbons (Fsp3) is 0.136. The average molecular weight is 344 g/mol. The Labute approximate surface area is 153 Å². The molecule has 1 heterocycles. The molecule has 0 bridgehead atoms. The molecule has 0 spiro atoms. The number of hydrogen-bond donors (Lipinski definition) is 0. The Kier molecular flexibility index (Phi) is 4.09. The number of fused-ring (bicyclic) bond motifs is 1. The van der Waals surface area contributed by atoms with Gasteiger partial charge in [-0.15, -0.1) is 0 Å². The third-order valence-electron chi connectivity index (χ3n) is 4.58. The summed E-state index contributed by atoms with van der Waals surface area (Å²) in [5, 5.41) is 0. The second-order valence-electron chi connectivity index (χ2n) is 6.46. The molecule has 4 nitrogen and oxygen atoms in total. The number of ether oxygens (including phenoxy) is 1. The number of esters is 1. The van der Waals surface area contributed by atoms with Crippen LogP contribution in [0.15, 0.2) is 78.9 Å². The summed E-state index contributed by atoms with van der Waals surface area (Å²) in [4.78, 5) is 16.4. The standard InChI is InChI=1S/C22H20N2O2/c1-23(2)16-12-14-18(15-13-16)24(17-8-4-3-5-9-17)21-19-10-6-7-11-20(19)22(25)26-21/h3-15,21H,1-2H3. The van der Waals surface area contributed by atoms with Gasteiger partial charge in [0, 0.05) is 36.7 Å². The van der Waals surface area contributed by atoms with Crippen molar-refractivity contribution in [2.45, 2.75) is 6.23 Å². The summed E-state index contributed by atoms with van der Waals surface area (Å²) in [6, 6.07) is 25.8. The predicted molar refractivity (Wildman–Crippen MR) is 104 cm³/mol. The zero-order valence-corrected chi connectivity index (χ0v) is 14.8. The van der Waals surface area contributed by atoms with Gasteiger partial charge in [-0.3, -0.25) is 0 Å². The minimum atomic E-state index is -0.480. The van der Waals surface area contributed by atoms with Crippen molar-refractivity contribution >= 4 is 23.0 Å². The zero-order chi connectivity index (χ0) is 18.1. The summed E-state index contributed by atoms with van der Waals surface area (Å²) in [7, 11) is 4.03. The van der Waals surface area contributed by atoms with Crippen molar-refractivity contribution in [1.29, 1.82) is 0 Å². The van der Waals surface area contributed by atoms with Crippen molar-refractivity contribution in [3.05, 3.63) is 90.0 Å². The van der Waals surface area contributed by atoms with Crippen molar-refractivity contribution in [2.75, 3.05) is 23.9 Å². The summed E-state index contributed by atoms with van der Waals surface area (Å²) in [5.74, 6) is -0.281. The molecule has 1 aliphatic heterocycles. The third kappa shape index (κ3) is 2.80. The smallest absolute Gasteiger partial charge is 0.340 e. The van der Waals surface area contributed by atoms with Crippen LogP contribution >= 0.6 is 0 Å². The highest BCUT2D eigenvalue weighted by molar-refractivity contribution is 5.94. The number of hydrogen-bond acceptors (Lipinski definition) is 4. The van der Waals surface area contributed by atoms with Gasteiger partial charge in [0.2, 0.25) is 6.23 Å². The van der Waals surface area contributed by atoms with E-state index in [4.69, 9.17) is 4.74 Å². The van der Waals surface area contributed by atoms with Crippen molar-refractivity contribution in [1.82, 2.24) is 0 Å². The molecule has 1 atom stereocenters. The highest BCUT2D eigenvalue weighted by atomic mass is 16.6. The van der Waals surface area contributed by atoms with Crippen LogP contribution in [0.25, 0.3) is 0 Å². The maximum atomic E-state index is 12.3. The minimum Gasteiger partial charge on any atom is -0.433 e. The van der Waals surface area contributed by atoms with E-state index in [0.717, 1.165) is 22.6 Å². The Morgan fingerprint density at radius 1 is 0.731 bits per heavy atom. The Hall–Kier alpha value is -3.27. The molecular formula is C22H20N2O2. The van der Waals surface area contributed by atoms with Gasteiger partial charge in [-0.25, -0.2) is 4.79 Å². The number of nitrogens with zero attached hydrogens (tertiary/aromatic N) is 2. The van der Waals surface area contributed by atoms with Crippen LogP contribution in [-0.2, 0) is 4.74 Å². The van der Waals surface area contributed by atoms with Gasteiger partial charge in [-0.2, -0.15) is 0 Å². The lowest BCUT2D eigenvalue weighted by molar-refractivity contribution is 0.0399. The highest BCUT2D eigenvalue weighted by Crippen LogP contribution is 2.41. The monoisotopic (exact) mass is 344 g/mol. The molecule has 3 aromatic carbocycles. The van der Waals surface area contributed by atoms with Gasteiger partial charge in [-0.1, -0.05) is 36.4 Å². The molecule has 4 rings (SSSR count). The molecule has 0 radical (unpaired) electrons. The largest absolute Gasteiger partial charge is 0.433 e. The Morgan fingerprint density at radius 2 is 1.31 bits per heavy atom. The van der Waals surface area contributed by atoms with E-state index in [-0.39, 0.29) is 5.97 Å². The fourth-order valence-electron chi connectivity index (χ4n) is 3.24. The average Bonchev–Trinajstić information content (AvgIpc) is 3.00. The number of cyclic esters (lactones) is 1. The molecule has 3 aromatic rings. The van der Waals surface area contributed by atoms with Gasteiger partial charge >= 0.3 is 5.97 Å². The maximum absolute atomic E-state index is 12.3. The van der Waals surface area contributed by atoms with Crippen molar-refractivity contribution in [3.8, 4) is 0 Å². The van der Waals surface area contributed by atoms with Gasteiger partial charge in [0.25, 0.3) is 0 Å². The van der Waals surface area contributed by atoms with Crippen LogP contribution in [0.4, 0.5) is 17.1 Å². The molecule has 1 aliphatic rings. The second kappa shape index (κ2) is 6.56. The van der Waals surface area contributed by atoms with Gasteiger partial charge in [0.05, 0.1) is 5.56 Å². The third-order valence-corrected chi connectivity index (χ3v) is 4.58. The number of para-hydroxylation sites is 1. The molecule has 0 saturated heterocycles. The van der Waals surface area contributed by atoms with E-state index >= 15 is 0 Å². The topological polar surface area (TPSA) is 32.8 Å². The van der Waals surface area contributed by atoms with Gasteiger partial charge in [0.1, 0.15) is 0 Å². The van der Waals surface area contributed by atoms with E-state index in [1.165, 1.54) is 0 Å². The first kappa shape index (κ1) is 16.2. The van der Waals surface area contributed by atoms with Crippen LogP contribution in [0.5, 0.6) is 0 Å². The Balaban J connectivity index is 1.82. The first-order valence-electron chi connectivity index (χ1n) is 8.57. The van der Waals surface area contributed by atoms with Crippen LogP contribution in [0, 0.1) is 0 Å². The first-order chi connectivity index (χ1) is 12.6. The van der Waals surface area contributed by atoms with Gasteiger partial charge < -0.3 is 14.5 Å². The number of rotatable bonds is 4. The summed E-state index contributed by atoms with van der Waals surface area (Å²) < 4.78 is 5.76. The lowest BCUT2D eigenvalue weighted by Crippen LogP contribution is -2.24. The molecule has 0 aliphatic carbocycles. The van der Waals surface area contributed by atoms with Gasteiger partial charge in [0.15, 0.2) is 0 Å². The number of benzene rings is 3. The van der Waals surface area contributed by atoms with E-state index in [2.05, 4.69) is 34.1 Å². The van der Waals surface area contributed by atoms with Crippen molar-refractivity contribution in [3.63, 3.8) is 0 Å². The first-order valence-corrected chi connectivity index (χ1v) is 8.57. The molecule has 1 unspecified atom stereocenters. The second-order valence-corrected chi connectivity index (χ2v) is 6.46. The molecule has 26 heavy (non-hydrogen) atoms. The van der Waals surface area contributed by atoms with Crippen LogP contribution in [-0.4, -0.2) is 20.1 Å². The highest BCUT2D eigenvalue weighted by Gasteiger charge is 2.36. The molecule has 4 heteroatoms. The van der Waals surface area contributed by atoms with Crippen LogP contribution in [0.3, 0.4) is 0 Å². The SMILES string of the molecule is CN(C)c1ccc(N(c2ccccc2)C2OC(=O)c3ccccc32)cc1. The zero-order valence-electron chi connectivity index (χ0n) is 14.8. The number of anilines is 3. The minimum absolute atomic E-state index is 0.281. The van der Waals surface area contributed by atoms with Gasteiger partial charge in [-0.05, 0) is 42.5 Å². The van der Waals surface area contributed by atoms with E-state index < -0.39 is 6.23 Å². The number of carbonyl (C=O) groups is 1. The number of carbonyl (C=O) groups excluding carboxylic acids is 1. The molecule has 0 saturated carbocycles.